The van der Waals surface area contributed by atoms with Gasteiger partial charge in [-0.1, -0.05) is 12.8 Å². The number of rotatable bonds is 5. The van der Waals surface area contributed by atoms with Crippen LogP contribution < -0.4 is 5.32 Å². The minimum atomic E-state index is -0.207. The minimum Gasteiger partial charge on any atom is -0.384 e. The van der Waals surface area contributed by atoms with E-state index in [2.05, 4.69) is 5.32 Å². The van der Waals surface area contributed by atoms with Gasteiger partial charge in [0.05, 0.1) is 12.7 Å². The summed E-state index contributed by atoms with van der Waals surface area (Å²) in [5.41, 5.74) is 0.169. The summed E-state index contributed by atoms with van der Waals surface area (Å²) in [6.07, 6.45) is 4.69. The van der Waals surface area contributed by atoms with E-state index in [0.29, 0.717) is 0 Å². The largest absolute Gasteiger partial charge is 0.384 e. The number of nitrogens with one attached hydrogen (secondary N) is 1. The van der Waals surface area contributed by atoms with Crippen LogP contribution in [0.25, 0.3) is 0 Å². The lowest BCUT2D eigenvalue weighted by atomic mass is 9.87. The van der Waals surface area contributed by atoms with Crippen LogP contribution in [0.1, 0.15) is 32.6 Å². The Labute approximate surface area is 96.7 Å². The van der Waals surface area contributed by atoms with Gasteiger partial charge in [-0.15, -0.1) is 0 Å². The predicted molar refractivity (Wildman–Crippen MR) is 60.1 cm³/mol. The van der Waals surface area contributed by atoms with Crippen LogP contribution in [0.15, 0.2) is 0 Å². The van der Waals surface area contributed by atoms with E-state index in [-0.39, 0.29) is 23.5 Å². The number of ether oxygens (including phenoxy) is 2. The maximum Gasteiger partial charge on any atom is 0.251 e. The smallest absolute Gasteiger partial charge is 0.251 e. The lowest BCUT2D eigenvalue weighted by Crippen LogP contribution is -2.40. The topological polar surface area (TPSA) is 50.9 Å². The zero-order chi connectivity index (χ0) is 11.6. The summed E-state index contributed by atoms with van der Waals surface area (Å²) in [7, 11) is 1.73. The molecule has 1 aliphatic carbocycles. The van der Waals surface area contributed by atoms with Gasteiger partial charge in [-0.2, -0.15) is 0 Å². The summed E-state index contributed by atoms with van der Waals surface area (Å²) in [4.78, 5) is 11.6. The van der Waals surface area contributed by atoms with Crippen LogP contribution in [0.4, 0.5) is 0 Å². The Morgan fingerprint density at radius 3 is 2.62 bits per heavy atom. The number of hydrogen-bond acceptors (Lipinski definition) is 3. The molecule has 16 heavy (non-hydrogen) atoms. The van der Waals surface area contributed by atoms with Crippen molar-refractivity contribution in [1.82, 2.24) is 5.32 Å². The second-order valence-electron chi connectivity index (χ2n) is 5.12. The van der Waals surface area contributed by atoms with E-state index in [9.17, 15) is 4.79 Å². The van der Waals surface area contributed by atoms with Gasteiger partial charge < -0.3 is 14.8 Å². The lowest BCUT2D eigenvalue weighted by Gasteiger charge is -2.28. The number of amides is 1. The Kier molecular flexibility index (Phi) is 3.50. The molecule has 0 aromatic carbocycles. The summed E-state index contributed by atoms with van der Waals surface area (Å²) < 4.78 is 10.4. The highest BCUT2D eigenvalue weighted by atomic mass is 16.6. The van der Waals surface area contributed by atoms with Gasteiger partial charge in [-0.3, -0.25) is 4.79 Å². The summed E-state index contributed by atoms with van der Waals surface area (Å²) >= 11 is 0. The fourth-order valence-electron chi connectivity index (χ4n) is 2.64. The fraction of sp³-hybridized carbons (Fsp3) is 0.917. The maximum absolute atomic E-state index is 11.6. The molecule has 1 aliphatic heterocycles. The molecule has 4 nitrogen and oxygen atoms in total. The average molecular weight is 227 g/mol. The van der Waals surface area contributed by atoms with Crippen molar-refractivity contribution in [1.29, 1.82) is 0 Å². The molecule has 1 amide bonds. The van der Waals surface area contributed by atoms with Crippen LogP contribution >= 0.6 is 0 Å². The first-order valence-electron chi connectivity index (χ1n) is 6.09. The highest BCUT2D eigenvalue weighted by Crippen LogP contribution is 2.37. The first-order chi connectivity index (χ1) is 7.67. The SMILES string of the molecule is COCC1(CNC(=O)[C@@H]2O[C@H]2C)CCCC1. The van der Waals surface area contributed by atoms with Gasteiger partial charge >= 0.3 is 0 Å². The highest BCUT2D eigenvalue weighted by Gasteiger charge is 2.42. The molecule has 1 heterocycles. The van der Waals surface area contributed by atoms with Crippen LogP contribution in [0.3, 0.4) is 0 Å². The fourth-order valence-corrected chi connectivity index (χ4v) is 2.64. The zero-order valence-corrected chi connectivity index (χ0v) is 10.1. The van der Waals surface area contributed by atoms with Crippen molar-refractivity contribution in [3.63, 3.8) is 0 Å². The van der Waals surface area contributed by atoms with Crippen molar-refractivity contribution in [2.45, 2.75) is 44.8 Å². The van der Waals surface area contributed by atoms with Gasteiger partial charge in [0.1, 0.15) is 0 Å². The van der Waals surface area contributed by atoms with Crippen molar-refractivity contribution in [3.8, 4) is 0 Å². The van der Waals surface area contributed by atoms with Gasteiger partial charge in [-0.05, 0) is 19.8 Å². The molecule has 0 unspecified atom stereocenters. The Balaban J connectivity index is 1.79. The van der Waals surface area contributed by atoms with E-state index in [1.807, 2.05) is 6.92 Å². The van der Waals surface area contributed by atoms with Gasteiger partial charge in [0.15, 0.2) is 6.10 Å². The Hall–Kier alpha value is -0.610. The van der Waals surface area contributed by atoms with Crippen LogP contribution in [0.5, 0.6) is 0 Å². The minimum absolute atomic E-state index is 0.0369. The average Bonchev–Trinajstić information content (AvgIpc) is 2.81. The number of epoxide rings is 1. The summed E-state index contributed by atoms with van der Waals surface area (Å²) in [6, 6.07) is 0. The Morgan fingerprint density at radius 1 is 1.50 bits per heavy atom. The number of methoxy groups -OCH3 is 1. The molecule has 2 atom stereocenters. The number of carbonyl (C=O) groups excluding carboxylic acids is 1. The third-order valence-electron chi connectivity index (χ3n) is 3.72. The quantitative estimate of drug-likeness (QED) is 0.715. The molecule has 1 N–H and O–H groups in total. The first kappa shape index (κ1) is 11.9. The summed E-state index contributed by atoms with van der Waals surface area (Å²) in [6.45, 7) is 3.39. The molecular weight excluding hydrogens is 206 g/mol. The first-order valence-corrected chi connectivity index (χ1v) is 6.09. The Morgan fingerprint density at radius 2 is 2.12 bits per heavy atom. The molecule has 0 spiro atoms. The Bertz CT molecular complexity index is 261. The van der Waals surface area contributed by atoms with Gasteiger partial charge in [-0.25, -0.2) is 0 Å². The van der Waals surface area contributed by atoms with Crippen molar-refractivity contribution < 1.29 is 14.3 Å². The second kappa shape index (κ2) is 4.72. The predicted octanol–water partition coefficient (Wildman–Crippen LogP) is 1.10. The third kappa shape index (κ3) is 2.55. The van der Waals surface area contributed by atoms with Crippen molar-refractivity contribution in [2.24, 2.45) is 5.41 Å². The molecule has 1 saturated heterocycles. The van der Waals surface area contributed by atoms with Crippen LogP contribution in [0, 0.1) is 5.41 Å². The molecule has 2 aliphatic rings. The number of carbonyl (C=O) groups is 1. The maximum atomic E-state index is 11.6. The highest BCUT2D eigenvalue weighted by molar-refractivity contribution is 5.83. The molecule has 0 aromatic heterocycles. The van der Waals surface area contributed by atoms with Crippen molar-refractivity contribution >= 4 is 5.91 Å². The molecule has 92 valence electrons. The molecule has 2 rings (SSSR count). The van der Waals surface area contributed by atoms with Gasteiger partial charge in [0.2, 0.25) is 0 Å². The molecule has 0 bridgehead atoms. The zero-order valence-electron chi connectivity index (χ0n) is 10.1. The lowest BCUT2D eigenvalue weighted by molar-refractivity contribution is -0.123. The number of hydrogen-bond donors (Lipinski definition) is 1. The van der Waals surface area contributed by atoms with Crippen molar-refractivity contribution in [2.75, 3.05) is 20.3 Å². The normalized spacial score (nSPS) is 31.4. The van der Waals surface area contributed by atoms with Crippen molar-refractivity contribution in [3.05, 3.63) is 0 Å². The van der Waals surface area contributed by atoms with E-state index < -0.39 is 0 Å². The molecular formula is C12H21NO3. The second-order valence-corrected chi connectivity index (χ2v) is 5.12. The van der Waals surface area contributed by atoms with Crippen LogP contribution in [0.2, 0.25) is 0 Å². The van der Waals surface area contributed by atoms with E-state index in [1.165, 1.54) is 12.8 Å². The summed E-state index contributed by atoms with van der Waals surface area (Å²) in [5, 5.41) is 3.00. The van der Waals surface area contributed by atoms with E-state index in [4.69, 9.17) is 9.47 Å². The molecule has 4 heteroatoms. The standard InChI is InChI=1S/C12H21NO3/c1-9-10(16-9)11(14)13-7-12(8-15-2)5-3-4-6-12/h9-10H,3-8H2,1-2H3,(H,13,14)/t9-,10+/m0/s1. The van der Waals surface area contributed by atoms with Crippen LogP contribution in [-0.4, -0.2) is 38.4 Å². The molecule has 0 radical (unpaired) electrons. The molecule has 0 aromatic rings. The van der Waals surface area contributed by atoms with E-state index in [1.54, 1.807) is 7.11 Å². The van der Waals surface area contributed by atoms with Gasteiger partial charge in [0.25, 0.3) is 5.91 Å². The summed E-state index contributed by atoms with van der Waals surface area (Å²) in [5.74, 6) is 0.0369. The third-order valence-corrected chi connectivity index (χ3v) is 3.72. The molecule has 2 fully saturated rings. The van der Waals surface area contributed by atoms with Crippen LogP contribution in [-0.2, 0) is 14.3 Å². The van der Waals surface area contributed by atoms with E-state index in [0.717, 1.165) is 26.0 Å². The van der Waals surface area contributed by atoms with Gasteiger partial charge in [0, 0.05) is 19.1 Å². The van der Waals surface area contributed by atoms with E-state index >= 15 is 0 Å². The monoisotopic (exact) mass is 227 g/mol. The molecule has 1 saturated carbocycles.